The lowest BCUT2D eigenvalue weighted by Crippen LogP contribution is -2.46. The molecule has 1 aliphatic carbocycles. The van der Waals surface area contributed by atoms with Gasteiger partial charge in [0.05, 0.1) is 13.1 Å². The molecule has 2 aromatic rings. The number of aromatic nitrogens is 1. The number of benzene rings is 1. The number of amides is 2. The van der Waals surface area contributed by atoms with Crippen LogP contribution in [-0.4, -0.2) is 45.3 Å². The molecule has 0 radical (unpaired) electrons. The van der Waals surface area contributed by atoms with Gasteiger partial charge in [-0.1, -0.05) is 43.7 Å². The van der Waals surface area contributed by atoms with Crippen molar-refractivity contribution in [2.75, 3.05) is 13.1 Å². The van der Waals surface area contributed by atoms with Crippen LogP contribution in [0, 0.1) is 5.92 Å². The Labute approximate surface area is 180 Å². The molecular weight excluding hydrogens is 374 g/mol. The SMILES string of the molecule is CCCCN(Cc1cccn1C)C(=O)CN(C(=O)C1CC1c1ccccc1)C(C)C. The zero-order valence-electron chi connectivity index (χ0n) is 18.8. The topological polar surface area (TPSA) is 45.6 Å². The van der Waals surface area contributed by atoms with Crippen molar-refractivity contribution in [3.8, 4) is 0 Å². The molecule has 1 heterocycles. The summed E-state index contributed by atoms with van der Waals surface area (Å²) in [6.45, 7) is 7.58. The van der Waals surface area contributed by atoms with E-state index in [0.29, 0.717) is 6.54 Å². The summed E-state index contributed by atoms with van der Waals surface area (Å²) in [5.74, 6) is 0.430. The van der Waals surface area contributed by atoms with Crippen LogP contribution < -0.4 is 0 Å². The third kappa shape index (κ3) is 5.32. The molecule has 1 fully saturated rings. The first kappa shape index (κ1) is 22.1. The Morgan fingerprint density at radius 1 is 1.13 bits per heavy atom. The summed E-state index contributed by atoms with van der Waals surface area (Å²) in [5, 5.41) is 0. The lowest BCUT2D eigenvalue weighted by Gasteiger charge is -2.30. The maximum atomic E-state index is 13.2. The minimum atomic E-state index is -0.000402. The zero-order chi connectivity index (χ0) is 21.7. The molecule has 2 unspecified atom stereocenters. The normalized spacial score (nSPS) is 17.8. The molecule has 5 nitrogen and oxygen atoms in total. The van der Waals surface area contributed by atoms with Gasteiger partial charge in [-0.25, -0.2) is 0 Å². The van der Waals surface area contributed by atoms with Gasteiger partial charge in [-0.2, -0.15) is 0 Å². The molecule has 2 amide bonds. The second kappa shape index (κ2) is 9.96. The van der Waals surface area contributed by atoms with Gasteiger partial charge in [0.2, 0.25) is 11.8 Å². The summed E-state index contributed by atoms with van der Waals surface area (Å²) < 4.78 is 2.05. The molecule has 0 bridgehead atoms. The van der Waals surface area contributed by atoms with Crippen molar-refractivity contribution in [3.05, 3.63) is 59.9 Å². The second-order valence-corrected chi connectivity index (χ2v) is 8.70. The molecule has 2 atom stereocenters. The minimum absolute atomic E-state index is 0.000402. The average molecular weight is 410 g/mol. The van der Waals surface area contributed by atoms with Gasteiger partial charge in [0.25, 0.3) is 0 Å². The van der Waals surface area contributed by atoms with Crippen molar-refractivity contribution in [1.82, 2.24) is 14.4 Å². The smallest absolute Gasteiger partial charge is 0.242 e. The molecule has 1 aromatic carbocycles. The van der Waals surface area contributed by atoms with Gasteiger partial charge in [0.1, 0.15) is 0 Å². The molecule has 0 saturated heterocycles. The summed E-state index contributed by atoms with van der Waals surface area (Å²) in [6.07, 6.45) is 4.87. The fourth-order valence-corrected chi connectivity index (χ4v) is 4.01. The Kier molecular flexibility index (Phi) is 7.35. The Hall–Kier alpha value is -2.56. The molecule has 0 spiro atoms. The maximum absolute atomic E-state index is 13.2. The van der Waals surface area contributed by atoms with Crippen LogP contribution in [0.2, 0.25) is 0 Å². The molecule has 162 valence electrons. The summed E-state index contributed by atoms with van der Waals surface area (Å²) in [6, 6.07) is 14.3. The molecule has 30 heavy (non-hydrogen) atoms. The van der Waals surface area contributed by atoms with Crippen LogP contribution in [0.15, 0.2) is 48.7 Å². The molecule has 5 heteroatoms. The summed E-state index contributed by atoms with van der Waals surface area (Å²) in [4.78, 5) is 30.1. The van der Waals surface area contributed by atoms with Crippen molar-refractivity contribution >= 4 is 11.8 Å². The highest BCUT2D eigenvalue weighted by molar-refractivity contribution is 5.88. The van der Waals surface area contributed by atoms with Crippen molar-refractivity contribution < 1.29 is 9.59 Å². The first-order valence-electron chi connectivity index (χ1n) is 11.2. The lowest BCUT2D eigenvalue weighted by molar-refractivity contribution is -0.143. The third-order valence-corrected chi connectivity index (χ3v) is 6.09. The van der Waals surface area contributed by atoms with E-state index in [-0.39, 0.29) is 36.2 Å². The fourth-order valence-electron chi connectivity index (χ4n) is 4.01. The Balaban J connectivity index is 1.67. The van der Waals surface area contributed by atoms with Crippen LogP contribution >= 0.6 is 0 Å². The molecular formula is C25H35N3O2. The summed E-state index contributed by atoms with van der Waals surface area (Å²) >= 11 is 0. The van der Waals surface area contributed by atoms with Gasteiger partial charge < -0.3 is 14.4 Å². The number of carbonyl (C=O) groups is 2. The first-order valence-corrected chi connectivity index (χ1v) is 11.2. The van der Waals surface area contributed by atoms with Crippen molar-refractivity contribution in [3.63, 3.8) is 0 Å². The second-order valence-electron chi connectivity index (χ2n) is 8.70. The zero-order valence-corrected chi connectivity index (χ0v) is 18.8. The molecule has 3 rings (SSSR count). The average Bonchev–Trinajstić information content (AvgIpc) is 3.45. The molecule has 0 aliphatic heterocycles. The quantitative estimate of drug-likeness (QED) is 0.590. The van der Waals surface area contributed by atoms with E-state index in [1.54, 1.807) is 4.90 Å². The molecule has 0 N–H and O–H groups in total. The summed E-state index contributed by atoms with van der Waals surface area (Å²) in [5.41, 5.74) is 2.33. The van der Waals surface area contributed by atoms with Gasteiger partial charge >= 0.3 is 0 Å². The maximum Gasteiger partial charge on any atom is 0.242 e. The number of nitrogens with zero attached hydrogens (tertiary/aromatic N) is 3. The van der Waals surface area contributed by atoms with E-state index >= 15 is 0 Å². The Bertz CT molecular complexity index is 843. The van der Waals surface area contributed by atoms with Gasteiger partial charge in [-0.15, -0.1) is 0 Å². The standard InChI is InChI=1S/C25H35N3O2/c1-5-6-15-27(17-21-13-10-14-26(21)4)24(29)18-28(19(2)3)25(30)23-16-22(23)20-11-8-7-9-12-20/h7-14,19,22-23H,5-6,15-18H2,1-4H3. The van der Waals surface area contributed by atoms with E-state index < -0.39 is 0 Å². The Morgan fingerprint density at radius 3 is 2.47 bits per heavy atom. The monoisotopic (exact) mass is 409 g/mol. The van der Waals surface area contributed by atoms with E-state index in [0.717, 1.165) is 31.5 Å². The molecule has 1 saturated carbocycles. The first-order chi connectivity index (χ1) is 14.4. The highest BCUT2D eigenvalue weighted by atomic mass is 16.2. The van der Waals surface area contributed by atoms with Crippen LogP contribution in [0.25, 0.3) is 0 Å². The van der Waals surface area contributed by atoms with Gasteiger partial charge in [-0.05, 0) is 50.3 Å². The van der Waals surface area contributed by atoms with E-state index in [2.05, 4.69) is 19.1 Å². The van der Waals surface area contributed by atoms with E-state index in [4.69, 9.17) is 0 Å². The van der Waals surface area contributed by atoms with E-state index in [9.17, 15) is 9.59 Å². The number of hydrogen-bond donors (Lipinski definition) is 0. The minimum Gasteiger partial charge on any atom is -0.353 e. The largest absolute Gasteiger partial charge is 0.353 e. The highest BCUT2D eigenvalue weighted by Crippen LogP contribution is 2.48. The van der Waals surface area contributed by atoms with Crippen LogP contribution in [-0.2, 0) is 23.2 Å². The van der Waals surface area contributed by atoms with Crippen molar-refractivity contribution in [1.29, 1.82) is 0 Å². The van der Waals surface area contributed by atoms with Crippen molar-refractivity contribution in [2.45, 2.75) is 58.5 Å². The third-order valence-electron chi connectivity index (χ3n) is 6.09. The number of rotatable bonds is 10. The summed E-state index contributed by atoms with van der Waals surface area (Å²) in [7, 11) is 2.00. The lowest BCUT2D eigenvalue weighted by atomic mass is 10.1. The highest BCUT2D eigenvalue weighted by Gasteiger charge is 2.46. The van der Waals surface area contributed by atoms with Crippen LogP contribution in [0.5, 0.6) is 0 Å². The number of aryl methyl sites for hydroxylation is 1. The van der Waals surface area contributed by atoms with Crippen molar-refractivity contribution in [2.24, 2.45) is 13.0 Å². The van der Waals surface area contributed by atoms with Crippen LogP contribution in [0.1, 0.15) is 57.2 Å². The van der Waals surface area contributed by atoms with E-state index in [1.807, 2.05) is 66.9 Å². The fraction of sp³-hybridized carbons (Fsp3) is 0.520. The van der Waals surface area contributed by atoms with E-state index in [1.165, 1.54) is 5.56 Å². The predicted molar refractivity (Wildman–Crippen MR) is 120 cm³/mol. The van der Waals surface area contributed by atoms with Gasteiger partial charge in [0, 0.05) is 37.4 Å². The predicted octanol–water partition coefficient (Wildman–Crippen LogP) is 4.19. The van der Waals surface area contributed by atoms with Crippen LogP contribution in [0.4, 0.5) is 0 Å². The number of carbonyl (C=O) groups excluding carboxylic acids is 2. The number of hydrogen-bond acceptors (Lipinski definition) is 2. The molecule has 1 aromatic heterocycles. The molecule has 1 aliphatic rings. The van der Waals surface area contributed by atoms with Crippen LogP contribution in [0.3, 0.4) is 0 Å². The van der Waals surface area contributed by atoms with Gasteiger partial charge in [-0.3, -0.25) is 9.59 Å². The number of unbranched alkanes of at least 4 members (excludes halogenated alkanes) is 1. The van der Waals surface area contributed by atoms with Gasteiger partial charge in [0.15, 0.2) is 0 Å². The Morgan fingerprint density at radius 2 is 1.87 bits per heavy atom.